The molecule has 0 aliphatic carbocycles. The Bertz CT molecular complexity index is 341. The zero-order valence-electron chi connectivity index (χ0n) is 9.99. The van der Waals surface area contributed by atoms with Crippen LogP contribution in [-0.2, 0) is 4.74 Å². The highest BCUT2D eigenvalue weighted by Gasteiger charge is 2.37. The molecule has 86 valence electrons. The van der Waals surface area contributed by atoms with Gasteiger partial charge in [0, 0.05) is 6.61 Å². The van der Waals surface area contributed by atoms with Gasteiger partial charge in [0.05, 0.1) is 5.22 Å². The van der Waals surface area contributed by atoms with Gasteiger partial charge < -0.3 is 4.74 Å². The normalized spacial score (nSPS) is 27.3. The topological polar surface area (TPSA) is 9.23 Å². The number of ether oxygens (including phenoxy) is 1. The number of hydrogen-bond donors (Lipinski definition) is 0. The predicted octanol–water partition coefficient (Wildman–Crippen LogP) is 2.42. The molecule has 1 aromatic rings. The first kappa shape index (κ1) is 11.6. The van der Waals surface area contributed by atoms with Gasteiger partial charge in [0.25, 0.3) is 0 Å². The molecule has 16 heavy (non-hydrogen) atoms. The molecule has 0 N–H and O–H groups in total. The Hall–Kier alpha value is -0.863. The lowest BCUT2D eigenvalue weighted by atomic mass is 10.1. The summed E-state index contributed by atoms with van der Waals surface area (Å²) in [4.78, 5) is 0. The molecule has 0 saturated carbocycles. The van der Waals surface area contributed by atoms with Crippen LogP contribution in [0.4, 0.5) is 0 Å². The molecule has 1 fully saturated rings. The molecule has 1 heterocycles. The third-order valence-electron chi connectivity index (χ3n) is 3.71. The Morgan fingerprint density at radius 2 is 2.06 bits per heavy atom. The van der Waals surface area contributed by atoms with Crippen molar-refractivity contribution in [3.63, 3.8) is 0 Å². The van der Waals surface area contributed by atoms with Crippen molar-refractivity contribution in [1.82, 2.24) is 0 Å². The van der Waals surface area contributed by atoms with E-state index < -0.39 is 8.80 Å². The minimum atomic E-state index is -1.12. The summed E-state index contributed by atoms with van der Waals surface area (Å²) in [7, 11) is -1.12. The lowest BCUT2D eigenvalue weighted by Crippen LogP contribution is -2.53. The first-order chi connectivity index (χ1) is 7.78. The molecule has 1 saturated heterocycles. The first-order valence-electron chi connectivity index (χ1n) is 6.11. The summed E-state index contributed by atoms with van der Waals surface area (Å²) in [6, 6.07) is 10.8. The summed E-state index contributed by atoms with van der Waals surface area (Å²) in [5.41, 5.74) is 0. The summed E-state index contributed by atoms with van der Waals surface area (Å²) in [6.45, 7) is 7.29. The van der Waals surface area contributed by atoms with Crippen LogP contribution in [0.25, 0.3) is 0 Å². The summed E-state index contributed by atoms with van der Waals surface area (Å²) in [5, 5.41) is 1.46. The molecule has 2 atom stereocenters. The average molecular weight is 232 g/mol. The standard InChI is InChI=1S/C14H20OSi/c1-3-14(11-7-8-12-15-14)16(2)13-9-5-4-6-10-13/h3-6,9-10,16H,1,7-8,11-12H2,2H3. The first-order valence-corrected chi connectivity index (χ1v) is 8.42. The Kier molecular flexibility index (Phi) is 3.61. The van der Waals surface area contributed by atoms with Gasteiger partial charge in [-0.3, -0.25) is 0 Å². The Labute approximate surface area is 99.7 Å². The molecule has 1 nitrogen and oxygen atoms in total. The van der Waals surface area contributed by atoms with E-state index in [0.29, 0.717) is 0 Å². The van der Waals surface area contributed by atoms with Gasteiger partial charge in [-0.05, 0) is 19.3 Å². The Morgan fingerprint density at radius 1 is 1.31 bits per heavy atom. The summed E-state index contributed by atoms with van der Waals surface area (Å²) in [5.74, 6) is 0. The van der Waals surface area contributed by atoms with Gasteiger partial charge in [0.1, 0.15) is 8.80 Å². The second kappa shape index (κ2) is 4.98. The van der Waals surface area contributed by atoms with Crippen molar-refractivity contribution in [2.75, 3.05) is 6.61 Å². The van der Waals surface area contributed by atoms with E-state index in [1.807, 2.05) is 0 Å². The lowest BCUT2D eigenvalue weighted by Gasteiger charge is -2.39. The van der Waals surface area contributed by atoms with Gasteiger partial charge in [0.2, 0.25) is 0 Å². The summed E-state index contributed by atoms with van der Waals surface area (Å²) < 4.78 is 6.07. The van der Waals surface area contributed by atoms with E-state index in [2.05, 4.69) is 49.5 Å². The second-order valence-electron chi connectivity index (χ2n) is 4.60. The molecule has 0 bridgehead atoms. The highest BCUT2D eigenvalue weighted by atomic mass is 28.3. The van der Waals surface area contributed by atoms with E-state index in [9.17, 15) is 0 Å². The maximum Gasteiger partial charge on any atom is 0.110 e. The van der Waals surface area contributed by atoms with Crippen LogP contribution in [0.3, 0.4) is 0 Å². The van der Waals surface area contributed by atoms with E-state index in [-0.39, 0.29) is 5.22 Å². The molecule has 2 unspecified atom stereocenters. The van der Waals surface area contributed by atoms with Crippen molar-refractivity contribution in [2.24, 2.45) is 0 Å². The zero-order chi connectivity index (χ0) is 11.4. The lowest BCUT2D eigenvalue weighted by molar-refractivity contribution is 0.0114. The molecule has 0 radical (unpaired) electrons. The maximum absolute atomic E-state index is 6.07. The largest absolute Gasteiger partial charge is 0.374 e. The molecule has 2 heteroatoms. The van der Waals surface area contributed by atoms with Gasteiger partial charge in [0.15, 0.2) is 0 Å². The van der Waals surface area contributed by atoms with Crippen LogP contribution >= 0.6 is 0 Å². The van der Waals surface area contributed by atoms with Gasteiger partial charge in [-0.15, -0.1) is 6.58 Å². The molecule has 0 amide bonds. The van der Waals surface area contributed by atoms with Gasteiger partial charge in [-0.25, -0.2) is 0 Å². The van der Waals surface area contributed by atoms with Crippen LogP contribution in [0.5, 0.6) is 0 Å². The Morgan fingerprint density at radius 3 is 2.62 bits per heavy atom. The minimum Gasteiger partial charge on any atom is -0.374 e. The van der Waals surface area contributed by atoms with Crippen molar-refractivity contribution in [3.05, 3.63) is 43.0 Å². The predicted molar refractivity (Wildman–Crippen MR) is 71.8 cm³/mol. The van der Waals surface area contributed by atoms with Crippen molar-refractivity contribution in [2.45, 2.75) is 31.0 Å². The summed E-state index contributed by atoms with van der Waals surface area (Å²) in [6.07, 6.45) is 5.69. The fraction of sp³-hybridized carbons (Fsp3) is 0.429. The van der Waals surface area contributed by atoms with Crippen LogP contribution in [0, 0.1) is 0 Å². The Balaban J connectivity index is 2.24. The average Bonchev–Trinajstić information content (AvgIpc) is 2.39. The van der Waals surface area contributed by atoms with Crippen LogP contribution < -0.4 is 5.19 Å². The van der Waals surface area contributed by atoms with Crippen LogP contribution in [0.2, 0.25) is 6.55 Å². The number of benzene rings is 1. The zero-order valence-corrected chi connectivity index (χ0v) is 11.1. The molecule has 0 aromatic heterocycles. The smallest absolute Gasteiger partial charge is 0.110 e. The second-order valence-corrected chi connectivity index (χ2v) is 7.68. The molecule has 0 spiro atoms. The highest BCUT2D eigenvalue weighted by Crippen LogP contribution is 2.28. The molecule has 1 aliphatic rings. The van der Waals surface area contributed by atoms with Crippen LogP contribution in [0.15, 0.2) is 43.0 Å². The SMILES string of the molecule is C=CC1([SiH](C)c2ccccc2)CCCCO1. The molecule has 1 aromatic carbocycles. The third-order valence-corrected chi connectivity index (χ3v) is 7.25. The van der Waals surface area contributed by atoms with E-state index in [0.717, 1.165) is 13.0 Å². The molecule has 1 aliphatic heterocycles. The summed E-state index contributed by atoms with van der Waals surface area (Å²) >= 11 is 0. The van der Waals surface area contributed by atoms with E-state index >= 15 is 0 Å². The van der Waals surface area contributed by atoms with Crippen molar-refractivity contribution >= 4 is 14.0 Å². The fourth-order valence-corrected chi connectivity index (χ4v) is 5.26. The van der Waals surface area contributed by atoms with Crippen molar-refractivity contribution in [1.29, 1.82) is 0 Å². The molecular weight excluding hydrogens is 212 g/mol. The minimum absolute atomic E-state index is 0.0143. The maximum atomic E-state index is 6.07. The molecular formula is C14H20OSi. The quantitative estimate of drug-likeness (QED) is 0.574. The third kappa shape index (κ3) is 2.13. The van der Waals surface area contributed by atoms with Crippen LogP contribution in [0.1, 0.15) is 19.3 Å². The van der Waals surface area contributed by atoms with Crippen molar-refractivity contribution in [3.8, 4) is 0 Å². The highest BCUT2D eigenvalue weighted by molar-refractivity contribution is 6.75. The number of hydrogen-bond acceptors (Lipinski definition) is 1. The van der Waals surface area contributed by atoms with Gasteiger partial charge >= 0.3 is 0 Å². The van der Waals surface area contributed by atoms with Crippen molar-refractivity contribution < 1.29 is 4.74 Å². The monoisotopic (exact) mass is 232 g/mol. The van der Waals surface area contributed by atoms with Crippen LogP contribution in [-0.4, -0.2) is 20.6 Å². The van der Waals surface area contributed by atoms with Gasteiger partial charge in [-0.2, -0.15) is 0 Å². The van der Waals surface area contributed by atoms with E-state index in [1.165, 1.54) is 18.0 Å². The van der Waals surface area contributed by atoms with E-state index in [4.69, 9.17) is 4.74 Å². The fourth-order valence-electron chi connectivity index (χ4n) is 2.54. The number of rotatable bonds is 3. The van der Waals surface area contributed by atoms with Gasteiger partial charge in [-0.1, -0.05) is 48.1 Å². The molecule has 2 rings (SSSR count). The van der Waals surface area contributed by atoms with E-state index in [1.54, 1.807) is 0 Å².